The van der Waals surface area contributed by atoms with Crippen LogP contribution in [0.3, 0.4) is 0 Å². The number of aliphatic hydroxyl groups excluding tert-OH is 1. The van der Waals surface area contributed by atoms with Crippen LogP contribution < -0.4 is 0 Å². The Balaban J connectivity index is 1.99. The molecule has 0 aliphatic carbocycles. The van der Waals surface area contributed by atoms with E-state index in [1.54, 1.807) is 0 Å². The second-order valence-corrected chi connectivity index (χ2v) is 7.26. The van der Waals surface area contributed by atoms with Crippen molar-refractivity contribution in [2.24, 2.45) is 0 Å². The lowest BCUT2D eigenvalue weighted by atomic mass is 9.84. The van der Waals surface area contributed by atoms with E-state index in [0.717, 1.165) is 30.5 Å². The van der Waals surface area contributed by atoms with Crippen molar-refractivity contribution in [1.29, 1.82) is 5.26 Å². The van der Waals surface area contributed by atoms with Crippen LogP contribution in [0.2, 0.25) is 0 Å². The van der Waals surface area contributed by atoms with Crippen molar-refractivity contribution >= 4 is 5.52 Å². The first-order valence-corrected chi connectivity index (χ1v) is 8.89. The Bertz CT molecular complexity index is 788. The largest absolute Gasteiger partial charge is 0.376 e. The molecule has 1 fully saturated rings. The van der Waals surface area contributed by atoms with Gasteiger partial charge in [0.25, 0.3) is 0 Å². The van der Waals surface area contributed by atoms with E-state index in [1.165, 1.54) is 5.56 Å². The lowest BCUT2D eigenvalue weighted by Crippen LogP contribution is -2.33. The smallest absolute Gasteiger partial charge is 0.182 e. The molecule has 2 aromatic rings. The minimum Gasteiger partial charge on any atom is -0.376 e. The van der Waals surface area contributed by atoms with Crippen LogP contribution in [-0.2, 0) is 15.9 Å². The molecule has 0 radical (unpaired) electrons. The summed E-state index contributed by atoms with van der Waals surface area (Å²) >= 11 is 0. The molecule has 25 heavy (non-hydrogen) atoms. The van der Waals surface area contributed by atoms with E-state index in [2.05, 4.69) is 32.2 Å². The van der Waals surface area contributed by atoms with Crippen molar-refractivity contribution in [2.75, 3.05) is 13.2 Å². The van der Waals surface area contributed by atoms with Crippen LogP contribution in [-0.4, -0.2) is 28.3 Å². The molecule has 0 saturated carbocycles. The molecule has 0 amide bonds. The van der Waals surface area contributed by atoms with Crippen molar-refractivity contribution in [3.63, 3.8) is 0 Å². The number of nitrogens with zero attached hydrogens (tertiary/aromatic N) is 2. The summed E-state index contributed by atoms with van der Waals surface area (Å²) in [6, 6.07) is 6.38. The van der Waals surface area contributed by atoms with Gasteiger partial charge >= 0.3 is 0 Å². The SMILES string of the molecule is CCOC(O)c1cn2cc(C3CCOC(C)(C)C3)ccc2c1CC#N. The maximum Gasteiger partial charge on any atom is 0.182 e. The van der Waals surface area contributed by atoms with Crippen molar-refractivity contribution in [3.8, 4) is 6.07 Å². The van der Waals surface area contributed by atoms with Gasteiger partial charge in [-0.05, 0) is 56.7 Å². The second kappa shape index (κ2) is 7.17. The highest BCUT2D eigenvalue weighted by Crippen LogP contribution is 2.36. The molecule has 2 aromatic heterocycles. The minimum atomic E-state index is -1.00. The standard InChI is InChI=1S/C20H26N2O3/c1-4-24-19(23)17-13-22-12-15(5-6-18(22)16(17)7-9-21)14-8-10-25-20(2,3)11-14/h5-6,12-14,19,23H,4,7-8,10-11H2,1-3H3. The number of hydrogen-bond donors (Lipinski definition) is 1. The highest BCUT2D eigenvalue weighted by atomic mass is 16.6. The maximum absolute atomic E-state index is 10.3. The fourth-order valence-corrected chi connectivity index (χ4v) is 3.76. The van der Waals surface area contributed by atoms with E-state index in [4.69, 9.17) is 14.7 Å². The number of aliphatic hydroxyl groups is 1. The minimum absolute atomic E-state index is 0.100. The van der Waals surface area contributed by atoms with E-state index in [-0.39, 0.29) is 12.0 Å². The predicted octanol–water partition coefficient (Wildman–Crippen LogP) is 3.71. The van der Waals surface area contributed by atoms with Crippen LogP contribution >= 0.6 is 0 Å². The fraction of sp³-hybridized carbons (Fsp3) is 0.550. The third-order valence-electron chi connectivity index (χ3n) is 4.95. The highest BCUT2D eigenvalue weighted by molar-refractivity contribution is 5.61. The van der Waals surface area contributed by atoms with Gasteiger partial charge in [0, 0.05) is 36.7 Å². The first kappa shape index (κ1) is 17.9. The molecule has 3 rings (SSSR count). The first-order valence-electron chi connectivity index (χ1n) is 8.89. The zero-order chi connectivity index (χ0) is 18.0. The van der Waals surface area contributed by atoms with Gasteiger partial charge < -0.3 is 19.0 Å². The maximum atomic E-state index is 10.3. The van der Waals surface area contributed by atoms with Crippen molar-refractivity contribution in [3.05, 3.63) is 41.2 Å². The molecule has 1 N–H and O–H groups in total. The zero-order valence-corrected chi connectivity index (χ0v) is 15.2. The zero-order valence-electron chi connectivity index (χ0n) is 15.2. The molecule has 3 heterocycles. The summed E-state index contributed by atoms with van der Waals surface area (Å²) in [6.07, 6.45) is 5.24. The molecule has 134 valence electrons. The van der Waals surface area contributed by atoms with Gasteiger partial charge in [-0.15, -0.1) is 0 Å². The molecule has 0 bridgehead atoms. The second-order valence-electron chi connectivity index (χ2n) is 7.26. The molecule has 5 heteroatoms. The average molecular weight is 342 g/mol. The van der Waals surface area contributed by atoms with Crippen LogP contribution in [0, 0.1) is 11.3 Å². The van der Waals surface area contributed by atoms with Crippen LogP contribution in [0.25, 0.3) is 5.52 Å². The molecular formula is C20H26N2O3. The van der Waals surface area contributed by atoms with Gasteiger partial charge in [-0.3, -0.25) is 0 Å². The third-order valence-corrected chi connectivity index (χ3v) is 4.95. The number of nitriles is 1. The molecule has 2 atom stereocenters. The Hall–Kier alpha value is -1.87. The molecule has 5 nitrogen and oxygen atoms in total. The molecule has 2 unspecified atom stereocenters. The van der Waals surface area contributed by atoms with E-state index in [1.807, 2.05) is 23.6 Å². The average Bonchev–Trinajstić information content (AvgIpc) is 2.92. The molecule has 0 aromatic carbocycles. The van der Waals surface area contributed by atoms with E-state index in [0.29, 0.717) is 18.1 Å². The Morgan fingerprint density at radius 2 is 2.24 bits per heavy atom. The van der Waals surface area contributed by atoms with Crippen molar-refractivity contribution < 1.29 is 14.6 Å². The van der Waals surface area contributed by atoms with Crippen LogP contribution in [0.15, 0.2) is 24.5 Å². The van der Waals surface area contributed by atoms with Crippen LogP contribution in [0.1, 0.15) is 62.5 Å². The molecular weight excluding hydrogens is 316 g/mol. The van der Waals surface area contributed by atoms with Gasteiger partial charge in [-0.1, -0.05) is 6.07 Å². The Kier molecular flexibility index (Phi) is 5.14. The Morgan fingerprint density at radius 3 is 2.92 bits per heavy atom. The van der Waals surface area contributed by atoms with Gasteiger partial charge in [0.2, 0.25) is 0 Å². The molecule has 1 saturated heterocycles. The topological polar surface area (TPSA) is 66.9 Å². The summed E-state index contributed by atoms with van der Waals surface area (Å²) in [4.78, 5) is 0. The summed E-state index contributed by atoms with van der Waals surface area (Å²) in [5.74, 6) is 0.454. The first-order chi connectivity index (χ1) is 11.9. The summed E-state index contributed by atoms with van der Waals surface area (Å²) in [5, 5.41) is 19.4. The lowest BCUT2D eigenvalue weighted by molar-refractivity contribution is -0.0982. The quantitative estimate of drug-likeness (QED) is 0.841. The van der Waals surface area contributed by atoms with Gasteiger partial charge in [-0.2, -0.15) is 5.26 Å². The number of hydrogen-bond acceptors (Lipinski definition) is 4. The van der Waals surface area contributed by atoms with E-state index >= 15 is 0 Å². The lowest BCUT2D eigenvalue weighted by Gasteiger charge is -2.35. The normalized spacial score (nSPS) is 21.2. The highest BCUT2D eigenvalue weighted by Gasteiger charge is 2.30. The van der Waals surface area contributed by atoms with Crippen LogP contribution in [0.5, 0.6) is 0 Å². The number of aromatic nitrogens is 1. The summed E-state index contributed by atoms with van der Waals surface area (Å²) in [5.41, 5.74) is 3.62. The number of pyridine rings is 1. The van der Waals surface area contributed by atoms with Crippen LogP contribution in [0.4, 0.5) is 0 Å². The van der Waals surface area contributed by atoms with E-state index in [9.17, 15) is 5.11 Å². The summed E-state index contributed by atoms with van der Waals surface area (Å²) in [7, 11) is 0. The summed E-state index contributed by atoms with van der Waals surface area (Å²) < 4.78 is 13.2. The fourth-order valence-electron chi connectivity index (χ4n) is 3.76. The van der Waals surface area contributed by atoms with Gasteiger partial charge in [0.1, 0.15) is 0 Å². The third kappa shape index (κ3) is 3.72. The Labute approximate surface area is 148 Å². The van der Waals surface area contributed by atoms with Gasteiger partial charge in [0.15, 0.2) is 6.29 Å². The summed E-state index contributed by atoms with van der Waals surface area (Å²) in [6.45, 7) is 7.30. The number of rotatable bonds is 5. The molecule has 0 spiro atoms. The number of ether oxygens (including phenoxy) is 2. The number of fused-ring (bicyclic) bond motifs is 1. The van der Waals surface area contributed by atoms with Crippen molar-refractivity contribution in [1.82, 2.24) is 4.40 Å². The molecule has 1 aliphatic rings. The van der Waals surface area contributed by atoms with Crippen molar-refractivity contribution in [2.45, 2.75) is 57.8 Å². The van der Waals surface area contributed by atoms with Gasteiger partial charge in [-0.25, -0.2) is 0 Å². The predicted molar refractivity (Wildman–Crippen MR) is 95.3 cm³/mol. The Morgan fingerprint density at radius 1 is 1.44 bits per heavy atom. The monoisotopic (exact) mass is 342 g/mol. The van der Waals surface area contributed by atoms with E-state index < -0.39 is 6.29 Å². The van der Waals surface area contributed by atoms with Gasteiger partial charge in [0.05, 0.1) is 18.1 Å². The molecule has 1 aliphatic heterocycles.